The van der Waals surface area contributed by atoms with Crippen molar-refractivity contribution in [1.82, 2.24) is 0 Å². The fraction of sp³-hybridized carbons (Fsp3) is 0.200. The minimum atomic E-state index is -1.18. The van der Waals surface area contributed by atoms with Gasteiger partial charge in [-0.05, 0) is 23.3 Å². The SMILES string of the molecule is OCCC(O)(c1ccccc1)c1ccc(Cl)cc1. The molecule has 0 saturated carbocycles. The predicted octanol–water partition coefficient (Wildman–Crippen LogP) is 2.96. The second-order valence-electron chi connectivity index (χ2n) is 4.21. The van der Waals surface area contributed by atoms with Crippen molar-refractivity contribution in [2.75, 3.05) is 6.61 Å². The van der Waals surface area contributed by atoms with Crippen molar-refractivity contribution >= 4 is 11.6 Å². The van der Waals surface area contributed by atoms with E-state index in [4.69, 9.17) is 11.6 Å². The molecule has 2 nitrogen and oxygen atoms in total. The van der Waals surface area contributed by atoms with Crippen LogP contribution in [0.1, 0.15) is 17.5 Å². The number of aliphatic hydroxyl groups is 2. The van der Waals surface area contributed by atoms with Crippen molar-refractivity contribution in [3.8, 4) is 0 Å². The van der Waals surface area contributed by atoms with Crippen molar-refractivity contribution in [2.45, 2.75) is 12.0 Å². The highest BCUT2D eigenvalue weighted by Crippen LogP contribution is 2.33. The maximum atomic E-state index is 10.8. The van der Waals surface area contributed by atoms with Crippen LogP contribution < -0.4 is 0 Å². The van der Waals surface area contributed by atoms with E-state index in [-0.39, 0.29) is 13.0 Å². The monoisotopic (exact) mass is 262 g/mol. The highest BCUT2D eigenvalue weighted by atomic mass is 35.5. The molecule has 2 aromatic rings. The molecule has 0 fully saturated rings. The quantitative estimate of drug-likeness (QED) is 0.889. The Morgan fingerprint density at radius 3 is 2.00 bits per heavy atom. The van der Waals surface area contributed by atoms with Gasteiger partial charge in [0.25, 0.3) is 0 Å². The van der Waals surface area contributed by atoms with Gasteiger partial charge in [0.1, 0.15) is 5.60 Å². The summed E-state index contributed by atoms with van der Waals surface area (Å²) >= 11 is 5.85. The molecule has 0 aliphatic heterocycles. The van der Waals surface area contributed by atoms with Gasteiger partial charge in [0.05, 0.1) is 0 Å². The Kier molecular flexibility index (Phi) is 4.02. The number of halogens is 1. The molecule has 0 bridgehead atoms. The van der Waals surface area contributed by atoms with Gasteiger partial charge in [0.15, 0.2) is 0 Å². The zero-order chi connectivity index (χ0) is 13.0. The lowest BCUT2D eigenvalue weighted by molar-refractivity contribution is 0.0509. The maximum absolute atomic E-state index is 10.8. The first-order valence-electron chi connectivity index (χ1n) is 5.81. The molecule has 0 aliphatic carbocycles. The first-order valence-corrected chi connectivity index (χ1v) is 6.19. The summed E-state index contributed by atoms with van der Waals surface area (Å²) < 4.78 is 0. The molecular formula is C15H15ClO2. The van der Waals surface area contributed by atoms with Crippen LogP contribution in [-0.2, 0) is 5.60 Å². The standard InChI is InChI=1S/C15H15ClO2/c16-14-8-6-13(7-9-14)15(18,10-11-17)12-4-2-1-3-5-12/h1-9,17-18H,10-11H2. The molecule has 2 aromatic carbocycles. The number of benzene rings is 2. The fourth-order valence-electron chi connectivity index (χ4n) is 2.06. The highest BCUT2D eigenvalue weighted by molar-refractivity contribution is 6.30. The number of rotatable bonds is 4. The Morgan fingerprint density at radius 2 is 1.44 bits per heavy atom. The molecular weight excluding hydrogens is 248 g/mol. The lowest BCUT2D eigenvalue weighted by Gasteiger charge is -2.28. The zero-order valence-electron chi connectivity index (χ0n) is 9.88. The number of aliphatic hydroxyl groups excluding tert-OH is 1. The summed E-state index contributed by atoms with van der Waals surface area (Å²) in [6.07, 6.45) is 0.249. The minimum Gasteiger partial charge on any atom is -0.396 e. The molecule has 0 aromatic heterocycles. The Bertz CT molecular complexity index is 496. The summed E-state index contributed by atoms with van der Waals surface area (Å²) in [6, 6.07) is 16.4. The third-order valence-corrected chi connectivity index (χ3v) is 3.30. The summed E-state index contributed by atoms with van der Waals surface area (Å²) in [5, 5.41) is 20.7. The molecule has 0 saturated heterocycles. The third-order valence-electron chi connectivity index (χ3n) is 3.05. The van der Waals surface area contributed by atoms with Crippen LogP contribution in [0.5, 0.6) is 0 Å². The number of hydrogen-bond acceptors (Lipinski definition) is 2. The van der Waals surface area contributed by atoms with Crippen molar-refractivity contribution in [2.24, 2.45) is 0 Å². The molecule has 1 unspecified atom stereocenters. The fourth-order valence-corrected chi connectivity index (χ4v) is 2.18. The van der Waals surface area contributed by atoms with Gasteiger partial charge in [-0.1, -0.05) is 54.1 Å². The van der Waals surface area contributed by atoms with Gasteiger partial charge >= 0.3 is 0 Å². The van der Waals surface area contributed by atoms with Crippen molar-refractivity contribution < 1.29 is 10.2 Å². The Balaban J connectivity index is 2.47. The van der Waals surface area contributed by atoms with Crippen LogP contribution in [-0.4, -0.2) is 16.8 Å². The van der Waals surface area contributed by atoms with E-state index >= 15 is 0 Å². The summed E-state index contributed by atoms with van der Waals surface area (Å²) in [7, 11) is 0. The van der Waals surface area contributed by atoms with Gasteiger partial charge in [-0.25, -0.2) is 0 Å². The van der Waals surface area contributed by atoms with Crippen LogP contribution in [0, 0.1) is 0 Å². The first-order chi connectivity index (χ1) is 8.66. The van der Waals surface area contributed by atoms with Crippen LogP contribution in [0.2, 0.25) is 5.02 Å². The molecule has 1 atom stereocenters. The lowest BCUT2D eigenvalue weighted by Crippen LogP contribution is -2.28. The van der Waals surface area contributed by atoms with Crippen molar-refractivity contribution in [3.05, 3.63) is 70.7 Å². The van der Waals surface area contributed by atoms with Crippen LogP contribution >= 0.6 is 11.6 Å². The summed E-state index contributed by atoms with van der Waals surface area (Å²) in [5.74, 6) is 0. The van der Waals surface area contributed by atoms with E-state index in [0.717, 1.165) is 11.1 Å². The van der Waals surface area contributed by atoms with E-state index in [2.05, 4.69) is 0 Å². The van der Waals surface area contributed by atoms with Crippen LogP contribution in [0.3, 0.4) is 0 Å². The molecule has 94 valence electrons. The molecule has 0 spiro atoms. The van der Waals surface area contributed by atoms with Gasteiger partial charge in [-0.2, -0.15) is 0 Å². The normalized spacial score (nSPS) is 14.2. The van der Waals surface area contributed by atoms with E-state index in [1.807, 2.05) is 30.3 Å². The van der Waals surface area contributed by atoms with E-state index < -0.39 is 5.60 Å². The van der Waals surface area contributed by atoms with E-state index in [0.29, 0.717) is 5.02 Å². The summed E-state index contributed by atoms with van der Waals surface area (Å²) in [4.78, 5) is 0. The second-order valence-corrected chi connectivity index (χ2v) is 4.64. The second kappa shape index (κ2) is 5.53. The van der Waals surface area contributed by atoms with Crippen molar-refractivity contribution in [3.63, 3.8) is 0 Å². The average molecular weight is 263 g/mol. The molecule has 0 aliphatic rings. The predicted molar refractivity (Wildman–Crippen MR) is 72.6 cm³/mol. The Labute approximate surface area is 111 Å². The molecule has 2 rings (SSSR count). The van der Waals surface area contributed by atoms with E-state index in [1.54, 1.807) is 24.3 Å². The largest absolute Gasteiger partial charge is 0.396 e. The highest BCUT2D eigenvalue weighted by Gasteiger charge is 2.30. The van der Waals surface area contributed by atoms with Crippen LogP contribution in [0.15, 0.2) is 54.6 Å². The summed E-state index contributed by atoms with van der Waals surface area (Å²) in [6.45, 7) is -0.0893. The van der Waals surface area contributed by atoms with Crippen LogP contribution in [0.4, 0.5) is 0 Å². The van der Waals surface area contributed by atoms with Gasteiger partial charge in [0.2, 0.25) is 0 Å². The Hall–Kier alpha value is -1.35. The Morgan fingerprint density at radius 1 is 0.889 bits per heavy atom. The zero-order valence-corrected chi connectivity index (χ0v) is 10.6. The van der Waals surface area contributed by atoms with Crippen LogP contribution in [0.25, 0.3) is 0 Å². The third kappa shape index (κ3) is 2.56. The maximum Gasteiger partial charge on any atom is 0.117 e. The van der Waals surface area contributed by atoms with E-state index in [9.17, 15) is 10.2 Å². The lowest BCUT2D eigenvalue weighted by atomic mass is 9.84. The van der Waals surface area contributed by atoms with Gasteiger partial charge < -0.3 is 10.2 Å². The molecule has 18 heavy (non-hydrogen) atoms. The smallest absolute Gasteiger partial charge is 0.117 e. The molecule has 0 amide bonds. The van der Waals surface area contributed by atoms with E-state index in [1.165, 1.54) is 0 Å². The topological polar surface area (TPSA) is 40.5 Å². The average Bonchev–Trinajstić information content (AvgIpc) is 2.40. The molecule has 0 radical (unpaired) electrons. The number of hydrogen-bond donors (Lipinski definition) is 2. The van der Waals surface area contributed by atoms with Gasteiger partial charge in [-0.15, -0.1) is 0 Å². The van der Waals surface area contributed by atoms with Crippen molar-refractivity contribution in [1.29, 1.82) is 0 Å². The molecule has 2 N–H and O–H groups in total. The minimum absolute atomic E-state index is 0.0893. The van der Waals surface area contributed by atoms with Gasteiger partial charge in [-0.3, -0.25) is 0 Å². The molecule has 3 heteroatoms. The first kappa shape index (κ1) is 13.1. The molecule has 0 heterocycles. The summed E-state index contributed by atoms with van der Waals surface area (Å²) in [5.41, 5.74) is 0.314. The van der Waals surface area contributed by atoms with Gasteiger partial charge in [0, 0.05) is 18.1 Å².